The van der Waals surface area contributed by atoms with Crippen LogP contribution < -0.4 is 10.3 Å². The molecule has 0 unspecified atom stereocenters. The van der Waals surface area contributed by atoms with E-state index in [1.54, 1.807) is 18.9 Å². The molecule has 5 aromatic rings. The molecular formula is C30H32N6O3. The third-order valence-electron chi connectivity index (χ3n) is 6.77. The summed E-state index contributed by atoms with van der Waals surface area (Å²) in [5.41, 5.74) is 4.48. The van der Waals surface area contributed by atoms with Crippen LogP contribution >= 0.6 is 0 Å². The number of tetrazole rings is 1. The van der Waals surface area contributed by atoms with Crippen molar-refractivity contribution >= 4 is 10.9 Å². The first-order chi connectivity index (χ1) is 19.1. The minimum absolute atomic E-state index is 0.176. The summed E-state index contributed by atoms with van der Waals surface area (Å²) >= 11 is 0. The predicted molar refractivity (Wildman–Crippen MR) is 150 cm³/mol. The van der Waals surface area contributed by atoms with E-state index in [9.17, 15) is 4.79 Å². The van der Waals surface area contributed by atoms with Gasteiger partial charge in [-0.05, 0) is 64.2 Å². The standard InChI is InChI=1S/C30H32N6O3/c1-21-9-14-27-24(17-21)18-26(30(37)31-27)28(29-32-33-34-36(29)15-16-38-2)35(19-22-7-5-4-6-8-22)20-23-10-12-25(39-3)13-11-23/h4-14,17-18,28H,15-16,19-20H2,1-3H3,(H,31,37)/t28-/m1/s1. The van der Waals surface area contributed by atoms with E-state index < -0.39 is 6.04 Å². The zero-order valence-electron chi connectivity index (χ0n) is 22.4. The maximum absolute atomic E-state index is 13.7. The number of nitrogens with one attached hydrogen (secondary N) is 1. The van der Waals surface area contributed by atoms with Crippen LogP contribution in [0.2, 0.25) is 0 Å². The summed E-state index contributed by atoms with van der Waals surface area (Å²) in [6, 6.07) is 25.6. The predicted octanol–water partition coefficient (Wildman–Crippen LogP) is 4.27. The number of aromatic nitrogens is 5. The number of pyridine rings is 1. The topological polar surface area (TPSA) is 98.2 Å². The van der Waals surface area contributed by atoms with Crippen molar-refractivity contribution in [2.45, 2.75) is 32.6 Å². The van der Waals surface area contributed by atoms with Gasteiger partial charge in [0.2, 0.25) is 0 Å². The van der Waals surface area contributed by atoms with Gasteiger partial charge < -0.3 is 14.5 Å². The molecule has 0 saturated carbocycles. The van der Waals surface area contributed by atoms with E-state index in [2.05, 4.69) is 43.6 Å². The molecule has 3 aromatic carbocycles. The van der Waals surface area contributed by atoms with Crippen molar-refractivity contribution in [2.75, 3.05) is 20.8 Å². The van der Waals surface area contributed by atoms with Gasteiger partial charge in [-0.2, -0.15) is 0 Å². The lowest BCUT2D eigenvalue weighted by Gasteiger charge is -2.31. The van der Waals surface area contributed by atoms with Crippen molar-refractivity contribution in [3.8, 4) is 5.75 Å². The monoisotopic (exact) mass is 524 g/mol. The van der Waals surface area contributed by atoms with Crippen molar-refractivity contribution in [2.24, 2.45) is 0 Å². The molecule has 2 aromatic heterocycles. The lowest BCUT2D eigenvalue weighted by molar-refractivity contribution is 0.169. The molecule has 0 spiro atoms. The molecule has 39 heavy (non-hydrogen) atoms. The number of nitrogens with zero attached hydrogens (tertiary/aromatic N) is 5. The highest BCUT2D eigenvalue weighted by Gasteiger charge is 2.31. The first kappa shape index (κ1) is 26.3. The van der Waals surface area contributed by atoms with Crippen molar-refractivity contribution in [3.63, 3.8) is 0 Å². The van der Waals surface area contributed by atoms with Crippen LogP contribution in [0, 0.1) is 6.92 Å². The van der Waals surface area contributed by atoms with Gasteiger partial charge in [0.05, 0.1) is 20.3 Å². The van der Waals surface area contributed by atoms with Crippen LogP contribution in [0.1, 0.15) is 34.1 Å². The second kappa shape index (κ2) is 12.0. The summed E-state index contributed by atoms with van der Waals surface area (Å²) in [5, 5.41) is 13.6. The van der Waals surface area contributed by atoms with Gasteiger partial charge in [-0.15, -0.1) is 5.10 Å². The minimum atomic E-state index is -0.534. The summed E-state index contributed by atoms with van der Waals surface area (Å²) in [6.45, 7) is 4.06. The number of hydrogen-bond donors (Lipinski definition) is 1. The van der Waals surface area contributed by atoms with E-state index >= 15 is 0 Å². The molecule has 0 amide bonds. The lowest BCUT2D eigenvalue weighted by Crippen LogP contribution is -2.35. The number of methoxy groups -OCH3 is 2. The number of aryl methyl sites for hydroxylation is 1. The van der Waals surface area contributed by atoms with Crippen molar-refractivity contribution in [1.29, 1.82) is 0 Å². The molecule has 9 nitrogen and oxygen atoms in total. The molecule has 0 radical (unpaired) electrons. The Morgan fingerprint density at radius 2 is 1.69 bits per heavy atom. The van der Waals surface area contributed by atoms with Crippen molar-refractivity contribution in [3.05, 3.63) is 117 Å². The fourth-order valence-corrected chi connectivity index (χ4v) is 4.81. The Morgan fingerprint density at radius 1 is 0.949 bits per heavy atom. The smallest absolute Gasteiger partial charge is 0.253 e. The van der Waals surface area contributed by atoms with E-state index in [1.807, 2.05) is 67.6 Å². The Bertz CT molecular complexity index is 1580. The summed E-state index contributed by atoms with van der Waals surface area (Å²) in [4.78, 5) is 19.0. The average molecular weight is 525 g/mol. The minimum Gasteiger partial charge on any atom is -0.497 e. The van der Waals surface area contributed by atoms with Crippen LogP contribution in [-0.2, 0) is 24.4 Å². The van der Waals surface area contributed by atoms with E-state index in [4.69, 9.17) is 9.47 Å². The largest absolute Gasteiger partial charge is 0.497 e. The third kappa shape index (κ3) is 6.05. The summed E-state index contributed by atoms with van der Waals surface area (Å²) in [5.74, 6) is 1.36. The van der Waals surface area contributed by atoms with Gasteiger partial charge in [0.25, 0.3) is 5.56 Å². The molecule has 0 aliphatic rings. The maximum Gasteiger partial charge on any atom is 0.253 e. The number of ether oxygens (including phenoxy) is 2. The summed E-state index contributed by atoms with van der Waals surface area (Å²) < 4.78 is 12.4. The van der Waals surface area contributed by atoms with E-state index in [0.29, 0.717) is 37.6 Å². The normalized spacial score (nSPS) is 12.2. The van der Waals surface area contributed by atoms with Gasteiger partial charge in [0.15, 0.2) is 5.82 Å². The number of fused-ring (bicyclic) bond motifs is 1. The maximum atomic E-state index is 13.7. The average Bonchev–Trinajstić information content (AvgIpc) is 3.41. The summed E-state index contributed by atoms with van der Waals surface area (Å²) in [6.07, 6.45) is 0. The first-order valence-corrected chi connectivity index (χ1v) is 12.8. The number of H-pyrrole nitrogens is 1. The molecule has 9 heteroatoms. The van der Waals surface area contributed by atoms with Gasteiger partial charge >= 0.3 is 0 Å². The van der Waals surface area contributed by atoms with Crippen LogP contribution in [0.4, 0.5) is 0 Å². The molecule has 0 aliphatic carbocycles. The van der Waals surface area contributed by atoms with Crippen LogP contribution in [0.5, 0.6) is 5.75 Å². The highest BCUT2D eigenvalue weighted by atomic mass is 16.5. The lowest BCUT2D eigenvalue weighted by atomic mass is 10.0. The number of benzene rings is 3. The van der Waals surface area contributed by atoms with Crippen LogP contribution in [0.15, 0.2) is 83.7 Å². The van der Waals surface area contributed by atoms with E-state index in [-0.39, 0.29) is 5.56 Å². The Hall–Kier alpha value is -4.34. The van der Waals surface area contributed by atoms with Crippen molar-refractivity contribution < 1.29 is 9.47 Å². The van der Waals surface area contributed by atoms with Gasteiger partial charge in [0, 0.05) is 31.3 Å². The number of hydrogen-bond acceptors (Lipinski definition) is 7. The third-order valence-corrected chi connectivity index (χ3v) is 6.77. The molecular weight excluding hydrogens is 492 g/mol. The highest BCUT2D eigenvalue weighted by molar-refractivity contribution is 5.79. The highest BCUT2D eigenvalue weighted by Crippen LogP contribution is 2.30. The first-order valence-electron chi connectivity index (χ1n) is 12.8. The molecule has 2 heterocycles. The Morgan fingerprint density at radius 3 is 2.41 bits per heavy atom. The van der Waals surface area contributed by atoms with Gasteiger partial charge in [0.1, 0.15) is 11.8 Å². The van der Waals surface area contributed by atoms with E-state index in [1.165, 1.54) is 0 Å². The SMILES string of the molecule is COCCn1nnnc1[C@@H](c1cc2cc(C)ccc2[nH]c1=O)N(Cc1ccccc1)Cc1ccc(OC)cc1. The quantitative estimate of drug-likeness (QED) is 0.276. The number of aromatic amines is 1. The fraction of sp³-hybridized carbons (Fsp3) is 0.267. The molecule has 1 atom stereocenters. The summed E-state index contributed by atoms with van der Waals surface area (Å²) in [7, 11) is 3.30. The molecule has 0 fully saturated rings. The fourth-order valence-electron chi connectivity index (χ4n) is 4.81. The molecule has 0 aliphatic heterocycles. The van der Waals surface area contributed by atoms with E-state index in [0.717, 1.165) is 33.3 Å². The molecule has 1 N–H and O–H groups in total. The van der Waals surface area contributed by atoms with Crippen molar-refractivity contribution in [1.82, 2.24) is 30.1 Å². The number of rotatable bonds is 11. The van der Waals surface area contributed by atoms with Gasteiger partial charge in [-0.3, -0.25) is 9.69 Å². The van der Waals surface area contributed by atoms with Gasteiger partial charge in [-0.25, -0.2) is 4.68 Å². The van der Waals surface area contributed by atoms with Crippen LogP contribution in [0.3, 0.4) is 0 Å². The molecule has 200 valence electrons. The second-order valence-corrected chi connectivity index (χ2v) is 9.54. The Labute approximate surface area is 227 Å². The molecule has 5 rings (SSSR count). The van der Waals surface area contributed by atoms with Gasteiger partial charge in [-0.1, -0.05) is 54.1 Å². The molecule has 0 saturated heterocycles. The Kier molecular flexibility index (Phi) is 8.10. The Balaban J connectivity index is 1.67. The molecule has 0 bridgehead atoms. The van der Waals surface area contributed by atoms with Crippen LogP contribution in [0.25, 0.3) is 10.9 Å². The second-order valence-electron chi connectivity index (χ2n) is 9.54. The zero-order chi connectivity index (χ0) is 27.2. The zero-order valence-corrected chi connectivity index (χ0v) is 22.4. The van der Waals surface area contributed by atoms with Crippen LogP contribution in [-0.4, -0.2) is 50.9 Å².